The Morgan fingerprint density at radius 1 is 1.23 bits per heavy atom. The van der Waals surface area contributed by atoms with Gasteiger partial charge in [-0.05, 0) is 36.6 Å². The van der Waals surface area contributed by atoms with Gasteiger partial charge in [-0.1, -0.05) is 12.8 Å². The first-order valence-corrected chi connectivity index (χ1v) is 8.05. The molecule has 0 aromatic heterocycles. The third-order valence-corrected chi connectivity index (χ3v) is 4.31. The highest BCUT2D eigenvalue weighted by atomic mass is 16.5. The fourth-order valence-electron chi connectivity index (χ4n) is 3.09. The van der Waals surface area contributed by atoms with E-state index in [9.17, 15) is 9.59 Å². The smallest absolute Gasteiger partial charge is 0.251 e. The molecule has 1 aliphatic carbocycles. The van der Waals surface area contributed by atoms with Gasteiger partial charge in [0.25, 0.3) is 5.91 Å². The summed E-state index contributed by atoms with van der Waals surface area (Å²) in [5.74, 6) is 0.755. The molecule has 1 heterocycles. The molecule has 2 aliphatic rings. The molecule has 118 valence electrons. The molecule has 2 amide bonds. The fraction of sp³-hybridized carbons (Fsp3) is 0.529. The summed E-state index contributed by atoms with van der Waals surface area (Å²) < 4.78 is 5.42. The molecule has 1 aromatic carbocycles. The average Bonchev–Trinajstić information content (AvgIpc) is 3.17. The maximum absolute atomic E-state index is 12.1. The van der Waals surface area contributed by atoms with Crippen LogP contribution in [0.25, 0.3) is 0 Å². The normalized spacial score (nSPS) is 16.9. The average molecular weight is 302 g/mol. The van der Waals surface area contributed by atoms with E-state index in [0.29, 0.717) is 31.2 Å². The molecule has 2 N–H and O–H groups in total. The first-order chi connectivity index (χ1) is 10.7. The quantitative estimate of drug-likeness (QED) is 0.871. The molecule has 3 rings (SSSR count). The minimum absolute atomic E-state index is 0.0227. The molecule has 0 unspecified atom stereocenters. The van der Waals surface area contributed by atoms with Gasteiger partial charge in [-0.2, -0.15) is 0 Å². The highest BCUT2D eigenvalue weighted by Gasteiger charge is 2.17. The van der Waals surface area contributed by atoms with Crippen molar-refractivity contribution in [2.75, 3.05) is 13.2 Å². The first-order valence-electron chi connectivity index (χ1n) is 8.05. The summed E-state index contributed by atoms with van der Waals surface area (Å²) in [4.78, 5) is 23.9. The van der Waals surface area contributed by atoms with Crippen molar-refractivity contribution in [3.63, 3.8) is 0 Å². The molecule has 0 spiro atoms. The predicted molar refractivity (Wildman–Crippen MR) is 83.0 cm³/mol. The minimum atomic E-state index is -0.136. The minimum Gasteiger partial charge on any atom is -0.493 e. The zero-order chi connectivity index (χ0) is 15.4. The van der Waals surface area contributed by atoms with Gasteiger partial charge in [0.1, 0.15) is 5.75 Å². The summed E-state index contributed by atoms with van der Waals surface area (Å²) in [6.07, 6.45) is 5.73. The summed E-state index contributed by atoms with van der Waals surface area (Å²) in [6.45, 7) is 1.05. The van der Waals surface area contributed by atoms with Crippen molar-refractivity contribution >= 4 is 11.8 Å². The predicted octanol–water partition coefficient (Wildman–Crippen LogP) is 1.80. The molecule has 0 atom stereocenters. The topological polar surface area (TPSA) is 67.4 Å². The van der Waals surface area contributed by atoms with Gasteiger partial charge in [-0.25, -0.2) is 0 Å². The Bertz CT molecular complexity index is 565. The van der Waals surface area contributed by atoms with Gasteiger partial charge < -0.3 is 15.4 Å². The van der Waals surface area contributed by atoms with E-state index in [2.05, 4.69) is 10.6 Å². The van der Waals surface area contributed by atoms with E-state index in [1.807, 2.05) is 12.1 Å². The van der Waals surface area contributed by atoms with Crippen LogP contribution in [0.5, 0.6) is 5.75 Å². The molecular formula is C17H22N2O3. The number of hydrogen-bond donors (Lipinski definition) is 2. The second-order valence-electron chi connectivity index (χ2n) is 5.98. The van der Waals surface area contributed by atoms with Crippen molar-refractivity contribution < 1.29 is 14.3 Å². The zero-order valence-corrected chi connectivity index (χ0v) is 12.7. The SMILES string of the molecule is O=C(CCNC(=O)c1ccc2c(c1)CCO2)NC1CCCC1. The molecule has 0 saturated heterocycles. The second-order valence-corrected chi connectivity index (χ2v) is 5.98. The lowest BCUT2D eigenvalue weighted by Crippen LogP contribution is -2.35. The van der Waals surface area contributed by atoms with Crippen LogP contribution in [0.2, 0.25) is 0 Å². The van der Waals surface area contributed by atoms with Gasteiger partial charge >= 0.3 is 0 Å². The van der Waals surface area contributed by atoms with Crippen LogP contribution in [0.1, 0.15) is 48.0 Å². The number of ether oxygens (including phenoxy) is 1. The Morgan fingerprint density at radius 2 is 2.05 bits per heavy atom. The highest BCUT2D eigenvalue weighted by molar-refractivity contribution is 5.94. The first kappa shape index (κ1) is 14.9. The third kappa shape index (κ3) is 3.59. The Morgan fingerprint density at radius 3 is 2.86 bits per heavy atom. The number of carbonyl (C=O) groups is 2. The number of nitrogens with one attached hydrogen (secondary N) is 2. The molecule has 5 nitrogen and oxygen atoms in total. The molecule has 0 bridgehead atoms. The van der Waals surface area contributed by atoms with E-state index in [-0.39, 0.29) is 11.8 Å². The lowest BCUT2D eigenvalue weighted by Gasteiger charge is -2.12. The van der Waals surface area contributed by atoms with Crippen LogP contribution >= 0.6 is 0 Å². The van der Waals surface area contributed by atoms with Gasteiger partial charge in [-0.3, -0.25) is 9.59 Å². The summed E-state index contributed by atoms with van der Waals surface area (Å²) in [7, 11) is 0. The molecule has 1 aromatic rings. The van der Waals surface area contributed by atoms with E-state index < -0.39 is 0 Å². The number of hydrogen-bond acceptors (Lipinski definition) is 3. The van der Waals surface area contributed by atoms with Crippen LogP contribution in [0.4, 0.5) is 0 Å². The molecule has 1 fully saturated rings. The number of fused-ring (bicyclic) bond motifs is 1. The largest absolute Gasteiger partial charge is 0.493 e. The third-order valence-electron chi connectivity index (χ3n) is 4.31. The van der Waals surface area contributed by atoms with Gasteiger partial charge in [0.15, 0.2) is 0 Å². The Hall–Kier alpha value is -2.04. The molecule has 22 heavy (non-hydrogen) atoms. The van der Waals surface area contributed by atoms with Crippen molar-refractivity contribution in [2.45, 2.75) is 44.6 Å². The van der Waals surface area contributed by atoms with E-state index in [1.165, 1.54) is 12.8 Å². The van der Waals surface area contributed by atoms with Crippen molar-refractivity contribution in [3.05, 3.63) is 29.3 Å². The van der Waals surface area contributed by atoms with Crippen molar-refractivity contribution in [3.8, 4) is 5.75 Å². The van der Waals surface area contributed by atoms with Crippen molar-refractivity contribution in [1.82, 2.24) is 10.6 Å². The van der Waals surface area contributed by atoms with Gasteiger partial charge in [-0.15, -0.1) is 0 Å². The maximum atomic E-state index is 12.1. The van der Waals surface area contributed by atoms with Crippen LogP contribution in [-0.2, 0) is 11.2 Å². The number of benzene rings is 1. The van der Waals surface area contributed by atoms with E-state index in [1.54, 1.807) is 6.07 Å². The van der Waals surface area contributed by atoms with Crippen molar-refractivity contribution in [1.29, 1.82) is 0 Å². The number of rotatable bonds is 5. The molecular weight excluding hydrogens is 280 g/mol. The van der Waals surface area contributed by atoms with Crippen LogP contribution in [0, 0.1) is 0 Å². The van der Waals surface area contributed by atoms with Crippen LogP contribution in [-0.4, -0.2) is 31.0 Å². The standard InChI is InChI=1S/C17H22N2O3/c20-16(19-14-3-1-2-4-14)7-9-18-17(21)13-5-6-15-12(11-13)8-10-22-15/h5-6,11,14H,1-4,7-10H2,(H,18,21)(H,19,20). The van der Waals surface area contributed by atoms with Gasteiger partial charge in [0.2, 0.25) is 5.91 Å². The Balaban J connectivity index is 1.43. The van der Waals surface area contributed by atoms with Gasteiger partial charge in [0.05, 0.1) is 6.61 Å². The van der Waals surface area contributed by atoms with Crippen LogP contribution < -0.4 is 15.4 Å². The molecule has 0 radical (unpaired) electrons. The fourth-order valence-corrected chi connectivity index (χ4v) is 3.09. The Kier molecular flexibility index (Phi) is 4.61. The second kappa shape index (κ2) is 6.81. The lowest BCUT2D eigenvalue weighted by atomic mass is 10.1. The number of amides is 2. The lowest BCUT2D eigenvalue weighted by molar-refractivity contribution is -0.121. The highest BCUT2D eigenvalue weighted by Crippen LogP contribution is 2.25. The number of carbonyl (C=O) groups excluding carboxylic acids is 2. The summed E-state index contributed by atoms with van der Waals surface area (Å²) in [5.41, 5.74) is 1.70. The molecule has 5 heteroatoms. The van der Waals surface area contributed by atoms with Crippen LogP contribution in [0.3, 0.4) is 0 Å². The van der Waals surface area contributed by atoms with Gasteiger partial charge in [0, 0.05) is 31.0 Å². The monoisotopic (exact) mass is 302 g/mol. The van der Waals surface area contributed by atoms with Crippen LogP contribution in [0.15, 0.2) is 18.2 Å². The molecule has 1 saturated carbocycles. The molecule has 1 aliphatic heterocycles. The van der Waals surface area contributed by atoms with E-state index >= 15 is 0 Å². The zero-order valence-electron chi connectivity index (χ0n) is 12.7. The maximum Gasteiger partial charge on any atom is 0.251 e. The summed E-state index contributed by atoms with van der Waals surface area (Å²) in [6, 6.07) is 5.80. The Labute approximate surface area is 130 Å². The summed E-state index contributed by atoms with van der Waals surface area (Å²) in [5, 5.41) is 5.82. The van der Waals surface area contributed by atoms with Crippen molar-refractivity contribution in [2.24, 2.45) is 0 Å². The van der Waals surface area contributed by atoms with E-state index in [0.717, 1.165) is 30.6 Å². The van der Waals surface area contributed by atoms with E-state index in [4.69, 9.17) is 4.74 Å². The summed E-state index contributed by atoms with van der Waals surface area (Å²) >= 11 is 0.